The molecule has 12 heteroatoms. The van der Waals surface area contributed by atoms with Crippen molar-refractivity contribution in [2.75, 3.05) is 22.3 Å². The number of nitrogens with zero attached hydrogens (tertiary/aromatic N) is 2. The quantitative estimate of drug-likeness (QED) is 0.228. The van der Waals surface area contributed by atoms with Crippen molar-refractivity contribution in [2.45, 2.75) is 25.5 Å². The van der Waals surface area contributed by atoms with Crippen LogP contribution in [0.5, 0.6) is 5.75 Å². The predicted octanol–water partition coefficient (Wildman–Crippen LogP) is 3.08. The Hall–Kier alpha value is -3.22. The smallest absolute Gasteiger partial charge is 0.387 e. The van der Waals surface area contributed by atoms with Gasteiger partial charge in [-0.05, 0) is 54.8 Å². The van der Waals surface area contributed by atoms with Crippen LogP contribution in [0.4, 0.5) is 20.2 Å². The van der Waals surface area contributed by atoms with Gasteiger partial charge in [-0.15, -0.1) is 0 Å². The summed E-state index contributed by atoms with van der Waals surface area (Å²) in [6.45, 7) is -2.09. The Balaban J connectivity index is 1.76. The van der Waals surface area contributed by atoms with Crippen LogP contribution in [0.1, 0.15) is 18.4 Å². The number of hydrogen-bond acceptors (Lipinski definition) is 6. The maximum absolute atomic E-state index is 12.4. The molecule has 1 heterocycles. The van der Waals surface area contributed by atoms with Gasteiger partial charge in [0.25, 0.3) is 5.91 Å². The molecule has 0 atom stereocenters. The first-order valence-corrected chi connectivity index (χ1v) is 11.4. The number of alkyl halides is 2. The zero-order valence-corrected chi connectivity index (χ0v) is 18.2. The molecule has 3 rings (SSSR count). The zero-order valence-electron chi connectivity index (χ0n) is 17.3. The minimum absolute atomic E-state index is 0.126. The lowest BCUT2D eigenvalue weighted by atomic mass is 10.0. The van der Waals surface area contributed by atoms with Crippen LogP contribution < -0.4 is 19.4 Å². The second-order valence-corrected chi connectivity index (χ2v) is 8.52. The molecule has 2 aromatic carbocycles. The molecule has 1 aliphatic heterocycles. The molecule has 0 spiro atoms. The minimum atomic E-state index is -4.62. The van der Waals surface area contributed by atoms with Gasteiger partial charge in [-0.25, -0.2) is 9.79 Å². The van der Waals surface area contributed by atoms with Gasteiger partial charge in [0.1, 0.15) is 5.75 Å². The van der Waals surface area contributed by atoms with Crippen molar-refractivity contribution in [3.05, 3.63) is 60.2 Å². The maximum atomic E-state index is 12.4. The van der Waals surface area contributed by atoms with E-state index in [0.29, 0.717) is 25.9 Å². The van der Waals surface area contributed by atoms with E-state index in [1.807, 2.05) is 17.0 Å². The molecule has 1 aliphatic rings. The summed E-state index contributed by atoms with van der Waals surface area (Å²) in [6, 6.07) is 11.7. The largest absolute Gasteiger partial charge is 0.435 e. The van der Waals surface area contributed by atoms with Crippen LogP contribution in [-0.4, -0.2) is 49.8 Å². The fourth-order valence-corrected chi connectivity index (χ4v) is 4.74. The van der Waals surface area contributed by atoms with Gasteiger partial charge in [0.2, 0.25) is 0 Å². The highest BCUT2D eigenvalue weighted by Crippen LogP contribution is 2.31. The topological polar surface area (TPSA) is 119 Å². The van der Waals surface area contributed by atoms with E-state index in [0.717, 1.165) is 15.6 Å². The molecule has 0 radical (unpaired) electrons. The van der Waals surface area contributed by atoms with Gasteiger partial charge in [0, 0.05) is 24.9 Å². The number of hydrogen-bond donors (Lipinski definition) is 3. The van der Waals surface area contributed by atoms with Gasteiger partial charge in [0.05, 0.1) is 11.7 Å². The lowest BCUT2D eigenvalue weighted by Crippen LogP contribution is -2.47. The number of nitrogens with one attached hydrogen (secondary N) is 1. The van der Waals surface area contributed by atoms with Gasteiger partial charge >= 0.3 is 16.9 Å². The number of amides is 1. The summed E-state index contributed by atoms with van der Waals surface area (Å²) in [5.74, 6) is -0.796. The molecule has 0 aliphatic carbocycles. The average molecular weight is 483 g/mol. The van der Waals surface area contributed by atoms with Crippen LogP contribution in [0.2, 0.25) is 0 Å². The summed E-state index contributed by atoms with van der Waals surface area (Å²) in [5, 5.41) is 8.65. The first-order chi connectivity index (χ1) is 15.7. The molecule has 0 bridgehead atoms. The monoisotopic (exact) mass is 483 g/mol. The van der Waals surface area contributed by atoms with Crippen LogP contribution in [0.25, 0.3) is 6.08 Å². The van der Waals surface area contributed by atoms with Gasteiger partial charge in [-0.2, -0.15) is 17.2 Å². The third-order valence-corrected chi connectivity index (χ3v) is 6.17. The Morgan fingerprint density at radius 2 is 1.79 bits per heavy atom. The first-order valence-electron chi connectivity index (χ1n) is 9.97. The molecule has 33 heavy (non-hydrogen) atoms. The normalized spacial score (nSPS) is 15.1. The highest BCUT2D eigenvalue weighted by molar-refractivity contribution is 7.87. The standard InChI is InChI=1S/C21H23F2N3O6S/c22-21(23)32-18-8-6-16(7-9-18)26(33(29,30)31)17-11-13-25(14-12-17)19-4-2-1-3-15(19)5-10-20(27)24-28/h1-10,17,21,28H,11-14H2,(H,24,27)(H,29,30,31)/b10-5+. The summed E-state index contributed by atoms with van der Waals surface area (Å²) in [5.41, 5.74) is 3.22. The predicted molar refractivity (Wildman–Crippen MR) is 118 cm³/mol. The van der Waals surface area contributed by atoms with E-state index in [2.05, 4.69) is 4.74 Å². The molecular weight excluding hydrogens is 460 g/mol. The van der Waals surface area contributed by atoms with Gasteiger partial charge in [0.15, 0.2) is 0 Å². The Bertz CT molecular complexity index is 1090. The third-order valence-electron chi connectivity index (χ3n) is 5.16. The average Bonchev–Trinajstić information content (AvgIpc) is 2.78. The van der Waals surface area contributed by atoms with E-state index >= 15 is 0 Å². The van der Waals surface area contributed by atoms with E-state index in [4.69, 9.17) is 5.21 Å². The molecule has 3 N–H and O–H groups in total. The van der Waals surface area contributed by atoms with Crippen LogP contribution in [0.3, 0.4) is 0 Å². The fourth-order valence-electron chi connectivity index (χ4n) is 3.77. The molecule has 0 aromatic heterocycles. The van der Waals surface area contributed by atoms with Crippen LogP contribution in [-0.2, 0) is 15.1 Å². The van der Waals surface area contributed by atoms with E-state index in [1.54, 1.807) is 18.2 Å². The van der Waals surface area contributed by atoms with Crippen molar-refractivity contribution in [3.63, 3.8) is 0 Å². The molecular formula is C21H23F2N3O6S. The second kappa shape index (κ2) is 10.6. The molecule has 0 saturated carbocycles. The van der Waals surface area contributed by atoms with Crippen molar-refractivity contribution in [3.8, 4) is 5.75 Å². The Labute approximate surface area is 189 Å². The molecule has 0 unspecified atom stereocenters. The molecule has 2 aromatic rings. The van der Waals surface area contributed by atoms with Crippen LogP contribution >= 0.6 is 0 Å². The summed E-state index contributed by atoms with van der Waals surface area (Å²) < 4.78 is 64.0. The SMILES string of the molecule is O=C(/C=C/c1ccccc1N1CCC(N(c2ccc(OC(F)F)cc2)S(=O)(=O)O)CC1)NO. The minimum Gasteiger partial charge on any atom is -0.435 e. The number of benzene rings is 2. The molecule has 1 amide bonds. The van der Waals surface area contributed by atoms with Crippen molar-refractivity contribution < 1.29 is 36.5 Å². The fraction of sp³-hybridized carbons (Fsp3) is 0.286. The molecule has 1 saturated heterocycles. The van der Waals surface area contributed by atoms with E-state index in [9.17, 15) is 26.5 Å². The number of anilines is 2. The number of piperidine rings is 1. The summed E-state index contributed by atoms with van der Waals surface area (Å²) >= 11 is 0. The van der Waals surface area contributed by atoms with Crippen molar-refractivity contribution in [2.24, 2.45) is 0 Å². The second-order valence-electron chi connectivity index (χ2n) is 7.23. The Morgan fingerprint density at radius 1 is 1.15 bits per heavy atom. The van der Waals surface area contributed by atoms with E-state index in [-0.39, 0.29) is 11.4 Å². The lowest BCUT2D eigenvalue weighted by Gasteiger charge is -2.39. The molecule has 9 nitrogen and oxygen atoms in total. The van der Waals surface area contributed by atoms with Crippen LogP contribution in [0, 0.1) is 0 Å². The summed E-state index contributed by atoms with van der Waals surface area (Å²) in [4.78, 5) is 13.3. The number of ether oxygens (including phenoxy) is 1. The van der Waals surface area contributed by atoms with Crippen molar-refractivity contribution in [1.82, 2.24) is 5.48 Å². The number of para-hydroxylation sites is 1. The summed E-state index contributed by atoms with van der Waals surface area (Å²) in [7, 11) is -4.62. The lowest BCUT2D eigenvalue weighted by molar-refractivity contribution is -0.124. The van der Waals surface area contributed by atoms with Gasteiger partial charge in [-0.1, -0.05) is 18.2 Å². The Morgan fingerprint density at radius 3 is 2.36 bits per heavy atom. The van der Waals surface area contributed by atoms with Gasteiger partial charge in [-0.3, -0.25) is 14.6 Å². The summed E-state index contributed by atoms with van der Waals surface area (Å²) in [6.07, 6.45) is 3.50. The number of rotatable bonds is 8. The number of carbonyl (C=O) groups is 1. The zero-order chi connectivity index (χ0) is 24.0. The highest BCUT2D eigenvalue weighted by Gasteiger charge is 2.32. The number of halogens is 2. The first kappa shape index (κ1) is 24.4. The van der Waals surface area contributed by atoms with Crippen LogP contribution in [0.15, 0.2) is 54.6 Å². The van der Waals surface area contributed by atoms with Gasteiger partial charge < -0.3 is 9.64 Å². The Kier molecular flexibility index (Phi) is 7.84. The highest BCUT2D eigenvalue weighted by atomic mass is 32.2. The molecule has 178 valence electrons. The van der Waals surface area contributed by atoms with E-state index < -0.39 is 28.9 Å². The number of carbonyl (C=O) groups excluding carboxylic acids is 1. The van der Waals surface area contributed by atoms with E-state index in [1.165, 1.54) is 35.8 Å². The molecule has 1 fully saturated rings. The van der Waals surface area contributed by atoms with Crippen molar-refractivity contribution in [1.29, 1.82) is 0 Å². The number of hydroxylamine groups is 1. The third kappa shape index (κ3) is 6.40. The maximum Gasteiger partial charge on any atom is 0.387 e. The van der Waals surface area contributed by atoms with Crippen molar-refractivity contribution >= 4 is 33.7 Å².